The summed E-state index contributed by atoms with van der Waals surface area (Å²) in [5.41, 5.74) is 0.592. The molecule has 0 radical (unpaired) electrons. The van der Waals surface area contributed by atoms with Gasteiger partial charge in [0.25, 0.3) is 5.91 Å². The summed E-state index contributed by atoms with van der Waals surface area (Å²) < 4.78 is 43.5. The molecule has 1 aliphatic heterocycles. The Morgan fingerprint density at radius 3 is 2.46 bits per heavy atom. The van der Waals surface area contributed by atoms with Crippen LogP contribution in [0.25, 0.3) is 0 Å². The molecule has 0 bridgehead atoms. The molecule has 150 valence electrons. The van der Waals surface area contributed by atoms with Crippen molar-refractivity contribution in [3.8, 4) is 17.2 Å². The van der Waals surface area contributed by atoms with Crippen molar-refractivity contribution in [2.75, 3.05) is 25.6 Å². The van der Waals surface area contributed by atoms with E-state index in [1.807, 2.05) is 0 Å². The van der Waals surface area contributed by atoms with Crippen LogP contribution in [-0.2, 0) is 10.0 Å². The topological polar surface area (TPSA) is 103 Å². The third kappa shape index (κ3) is 4.37. The number of carbonyl (C=O) groups excluding carboxylic acids is 1. The molecule has 3 rings (SSSR count). The highest BCUT2D eigenvalue weighted by atomic mass is 32.2. The van der Waals surface area contributed by atoms with Crippen LogP contribution in [0.4, 0.5) is 5.69 Å². The second-order valence-electron chi connectivity index (χ2n) is 6.45. The SMILES string of the molecule is COc1ccc(S(=O)(=O)NC(C)C)cc1NC(=O)c1ccc2c(c1)OCCO2. The summed E-state index contributed by atoms with van der Waals surface area (Å²) in [7, 11) is -2.27. The minimum Gasteiger partial charge on any atom is -0.495 e. The van der Waals surface area contributed by atoms with Crippen molar-refractivity contribution in [2.24, 2.45) is 0 Å². The van der Waals surface area contributed by atoms with Gasteiger partial charge in [0.15, 0.2) is 11.5 Å². The molecule has 0 unspecified atom stereocenters. The number of amides is 1. The van der Waals surface area contributed by atoms with E-state index in [0.29, 0.717) is 36.0 Å². The first-order chi connectivity index (χ1) is 13.3. The number of benzene rings is 2. The van der Waals surface area contributed by atoms with E-state index >= 15 is 0 Å². The lowest BCUT2D eigenvalue weighted by atomic mass is 10.1. The molecule has 0 saturated heterocycles. The van der Waals surface area contributed by atoms with Gasteiger partial charge in [0, 0.05) is 11.6 Å². The Morgan fingerprint density at radius 1 is 1.07 bits per heavy atom. The fourth-order valence-corrected chi connectivity index (χ4v) is 3.99. The van der Waals surface area contributed by atoms with Crippen molar-refractivity contribution in [1.82, 2.24) is 4.72 Å². The standard InChI is InChI=1S/C19H22N2O6S/c1-12(2)21-28(23,24)14-5-7-16(25-3)15(11-14)20-19(22)13-4-6-17-18(10-13)27-9-8-26-17/h4-7,10-12,21H,8-9H2,1-3H3,(H,20,22). The van der Waals surface area contributed by atoms with Gasteiger partial charge in [-0.3, -0.25) is 4.79 Å². The van der Waals surface area contributed by atoms with Crippen molar-refractivity contribution in [3.63, 3.8) is 0 Å². The van der Waals surface area contributed by atoms with Gasteiger partial charge in [-0.15, -0.1) is 0 Å². The molecule has 9 heteroatoms. The second-order valence-corrected chi connectivity index (χ2v) is 8.16. The molecule has 8 nitrogen and oxygen atoms in total. The fourth-order valence-electron chi connectivity index (χ4n) is 2.71. The number of hydrogen-bond donors (Lipinski definition) is 2. The van der Waals surface area contributed by atoms with Crippen LogP contribution in [0, 0.1) is 0 Å². The van der Waals surface area contributed by atoms with E-state index < -0.39 is 15.9 Å². The average Bonchev–Trinajstić information content (AvgIpc) is 2.66. The molecule has 1 heterocycles. The van der Waals surface area contributed by atoms with E-state index in [9.17, 15) is 13.2 Å². The number of carbonyl (C=O) groups is 1. The first-order valence-electron chi connectivity index (χ1n) is 8.71. The predicted molar refractivity (Wildman–Crippen MR) is 104 cm³/mol. The van der Waals surface area contributed by atoms with Crippen LogP contribution >= 0.6 is 0 Å². The number of hydrogen-bond acceptors (Lipinski definition) is 6. The molecule has 2 N–H and O–H groups in total. The molecule has 0 fully saturated rings. The van der Waals surface area contributed by atoms with Crippen molar-refractivity contribution in [2.45, 2.75) is 24.8 Å². The monoisotopic (exact) mass is 406 g/mol. The van der Waals surface area contributed by atoms with Gasteiger partial charge in [-0.2, -0.15) is 0 Å². The van der Waals surface area contributed by atoms with Crippen molar-refractivity contribution in [3.05, 3.63) is 42.0 Å². The highest BCUT2D eigenvalue weighted by Crippen LogP contribution is 2.32. The number of rotatable bonds is 6. The molecule has 2 aromatic rings. The van der Waals surface area contributed by atoms with Crippen LogP contribution in [-0.4, -0.2) is 40.7 Å². The average molecular weight is 406 g/mol. The summed E-state index contributed by atoms with van der Waals surface area (Å²) in [6.07, 6.45) is 0. The van der Waals surface area contributed by atoms with Gasteiger partial charge in [0.05, 0.1) is 17.7 Å². The largest absolute Gasteiger partial charge is 0.495 e. The van der Waals surface area contributed by atoms with E-state index in [4.69, 9.17) is 14.2 Å². The summed E-state index contributed by atoms with van der Waals surface area (Å²) in [6.45, 7) is 4.33. The molecule has 0 saturated carbocycles. The molecule has 0 aromatic heterocycles. The van der Waals surface area contributed by atoms with E-state index in [-0.39, 0.29) is 16.6 Å². The second kappa shape index (κ2) is 8.07. The minimum absolute atomic E-state index is 0.0273. The minimum atomic E-state index is -3.71. The lowest BCUT2D eigenvalue weighted by molar-refractivity contribution is 0.102. The van der Waals surface area contributed by atoms with Gasteiger partial charge in [-0.25, -0.2) is 13.1 Å². The highest BCUT2D eigenvalue weighted by Gasteiger charge is 2.20. The van der Waals surface area contributed by atoms with Gasteiger partial charge in [0.2, 0.25) is 10.0 Å². The van der Waals surface area contributed by atoms with Crippen LogP contribution in [0.5, 0.6) is 17.2 Å². The maximum Gasteiger partial charge on any atom is 0.255 e. The Kier molecular flexibility index (Phi) is 5.76. The first-order valence-corrected chi connectivity index (χ1v) is 10.2. The number of methoxy groups -OCH3 is 1. The third-order valence-corrected chi connectivity index (χ3v) is 5.58. The molecule has 28 heavy (non-hydrogen) atoms. The van der Waals surface area contributed by atoms with E-state index in [1.165, 1.54) is 25.3 Å². The van der Waals surface area contributed by atoms with Gasteiger partial charge >= 0.3 is 0 Å². The van der Waals surface area contributed by atoms with Crippen LogP contribution in [0.1, 0.15) is 24.2 Å². The number of fused-ring (bicyclic) bond motifs is 1. The van der Waals surface area contributed by atoms with Crippen LogP contribution in [0.2, 0.25) is 0 Å². The summed E-state index contributed by atoms with van der Waals surface area (Å²) in [6, 6.07) is 8.86. The zero-order valence-corrected chi connectivity index (χ0v) is 16.6. The smallest absolute Gasteiger partial charge is 0.255 e. The van der Waals surface area contributed by atoms with E-state index in [0.717, 1.165) is 0 Å². The van der Waals surface area contributed by atoms with E-state index in [2.05, 4.69) is 10.0 Å². The molecule has 0 aliphatic carbocycles. The maximum atomic E-state index is 12.7. The quantitative estimate of drug-likeness (QED) is 0.764. The number of anilines is 1. The zero-order chi connectivity index (χ0) is 20.3. The zero-order valence-electron chi connectivity index (χ0n) is 15.8. The number of sulfonamides is 1. The number of ether oxygens (including phenoxy) is 3. The summed E-state index contributed by atoms with van der Waals surface area (Å²) in [5, 5.41) is 2.70. The Hall–Kier alpha value is -2.78. The Labute approximate surface area is 163 Å². The third-order valence-electron chi connectivity index (χ3n) is 3.92. The highest BCUT2D eigenvalue weighted by molar-refractivity contribution is 7.89. The van der Waals surface area contributed by atoms with Gasteiger partial charge in [0.1, 0.15) is 19.0 Å². The molecular weight excluding hydrogens is 384 g/mol. The Bertz CT molecular complexity index is 988. The fraction of sp³-hybridized carbons (Fsp3) is 0.316. The Balaban J connectivity index is 1.88. The molecule has 0 atom stereocenters. The molecule has 0 spiro atoms. The molecule has 2 aromatic carbocycles. The summed E-state index contributed by atoms with van der Waals surface area (Å²) >= 11 is 0. The van der Waals surface area contributed by atoms with E-state index in [1.54, 1.807) is 32.0 Å². The first kappa shape index (κ1) is 20.0. The van der Waals surface area contributed by atoms with Crippen LogP contribution in [0.3, 0.4) is 0 Å². The molecular formula is C19H22N2O6S. The van der Waals surface area contributed by atoms with Crippen LogP contribution in [0.15, 0.2) is 41.3 Å². The van der Waals surface area contributed by atoms with Gasteiger partial charge in [-0.1, -0.05) is 0 Å². The normalized spacial score (nSPS) is 13.3. The van der Waals surface area contributed by atoms with Crippen molar-refractivity contribution < 1.29 is 27.4 Å². The van der Waals surface area contributed by atoms with Crippen molar-refractivity contribution >= 4 is 21.6 Å². The lowest BCUT2D eigenvalue weighted by Crippen LogP contribution is -2.30. The predicted octanol–water partition coefficient (Wildman–Crippen LogP) is 2.41. The van der Waals surface area contributed by atoms with Gasteiger partial charge < -0.3 is 19.5 Å². The summed E-state index contributed by atoms with van der Waals surface area (Å²) in [5.74, 6) is 0.979. The lowest BCUT2D eigenvalue weighted by Gasteiger charge is -2.19. The number of nitrogens with one attached hydrogen (secondary N) is 2. The Morgan fingerprint density at radius 2 is 1.79 bits per heavy atom. The summed E-state index contributed by atoms with van der Waals surface area (Å²) in [4.78, 5) is 12.7. The van der Waals surface area contributed by atoms with Gasteiger partial charge in [-0.05, 0) is 50.2 Å². The van der Waals surface area contributed by atoms with Crippen molar-refractivity contribution in [1.29, 1.82) is 0 Å². The molecule has 1 amide bonds. The van der Waals surface area contributed by atoms with Crippen LogP contribution < -0.4 is 24.2 Å². The maximum absolute atomic E-state index is 12.7. The molecule has 1 aliphatic rings.